The summed E-state index contributed by atoms with van der Waals surface area (Å²) in [5, 5.41) is 10.7. The highest BCUT2D eigenvalue weighted by molar-refractivity contribution is 7.89. The van der Waals surface area contributed by atoms with E-state index in [1.165, 1.54) is 25.3 Å². The van der Waals surface area contributed by atoms with Crippen molar-refractivity contribution in [2.24, 2.45) is 0 Å². The van der Waals surface area contributed by atoms with E-state index in [-0.39, 0.29) is 18.0 Å². The number of rotatable bonds is 6. The molecule has 1 aromatic rings. The van der Waals surface area contributed by atoms with Crippen molar-refractivity contribution in [2.45, 2.75) is 4.90 Å². The fraction of sp³-hybridized carbons (Fsp3) is 0.333. The third kappa shape index (κ3) is 3.48. The van der Waals surface area contributed by atoms with Crippen molar-refractivity contribution >= 4 is 15.7 Å². The van der Waals surface area contributed by atoms with Crippen molar-refractivity contribution in [3.63, 3.8) is 0 Å². The molecule has 7 nitrogen and oxygen atoms in total. The van der Waals surface area contributed by atoms with Gasteiger partial charge in [-0.1, -0.05) is 12.1 Å². The Kier molecular flexibility index (Phi) is 4.55. The maximum absolute atomic E-state index is 11.8. The van der Waals surface area contributed by atoms with Crippen molar-refractivity contribution in [1.29, 1.82) is 0 Å². The summed E-state index contributed by atoms with van der Waals surface area (Å²) in [5.74, 6) is 0. The van der Waals surface area contributed by atoms with Crippen LogP contribution in [0.4, 0.5) is 5.69 Å². The Morgan fingerprint density at radius 3 is 2.65 bits per heavy atom. The van der Waals surface area contributed by atoms with Gasteiger partial charge < -0.3 is 4.74 Å². The van der Waals surface area contributed by atoms with E-state index in [1.54, 1.807) is 0 Å². The third-order valence-corrected chi connectivity index (χ3v) is 3.46. The number of sulfonamides is 1. The van der Waals surface area contributed by atoms with E-state index < -0.39 is 20.6 Å². The molecule has 0 aliphatic heterocycles. The van der Waals surface area contributed by atoms with Gasteiger partial charge in [0.05, 0.1) is 11.5 Å². The molecule has 94 valence electrons. The molecule has 0 heterocycles. The van der Waals surface area contributed by atoms with Crippen LogP contribution in [0.25, 0.3) is 0 Å². The molecule has 1 N–H and O–H groups in total. The van der Waals surface area contributed by atoms with Crippen LogP contribution >= 0.6 is 0 Å². The number of nitro benzene ring substituents is 1. The van der Waals surface area contributed by atoms with Crippen LogP contribution in [0.15, 0.2) is 29.2 Å². The molecule has 0 saturated heterocycles. The summed E-state index contributed by atoms with van der Waals surface area (Å²) in [5.41, 5.74) is -0.447. The largest absolute Gasteiger partial charge is 0.383 e. The van der Waals surface area contributed by atoms with E-state index in [9.17, 15) is 18.5 Å². The smallest absolute Gasteiger partial charge is 0.289 e. The number of para-hydroxylation sites is 1. The molecule has 0 saturated carbocycles. The average Bonchev–Trinajstić information content (AvgIpc) is 2.29. The van der Waals surface area contributed by atoms with Gasteiger partial charge in [0.2, 0.25) is 10.0 Å². The van der Waals surface area contributed by atoms with Crippen LogP contribution in [0.2, 0.25) is 0 Å². The number of hydrogen-bond donors (Lipinski definition) is 1. The zero-order chi connectivity index (χ0) is 12.9. The number of ether oxygens (including phenoxy) is 1. The molecular weight excluding hydrogens is 248 g/mol. The summed E-state index contributed by atoms with van der Waals surface area (Å²) in [4.78, 5) is 9.61. The van der Waals surface area contributed by atoms with E-state index in [2.05, 4.69) is 9.46 Å². The fourth-order valence-electron chi connectivity index (χ4n) is 1.19. The van der Waals surface area contributed by atoms with Gasteiger partial charge in [-0.05, 0) is 6.07 Å². The second kappa shape index (κ2) is 5.71. The lowest BCUT2D eigenvalue weighted by Gasteiger charge is -2.06. The standard InChI is InChI=1S/C9H12N2O5S/c1-16-7-6-10-17(14,15)9-5-3-2-4-8(9)11(12)13/h2-5,10H,6-7H2,1H3. The van der Waals surface area contributed by atoms with Crippen LogP contribution < -0.4 is 4.72 Å². The highest BCUT2D eigenvalue weighted by Crippen LogP contribution is 2.22. The molecule has 17 heavy (non-hydrogen) atoms. The molecule has 0 fully saturated rings. The summed E-state index contributed by atoms with van der Waals surface area (Å²) in [6, 6.07) is 5.17. The predicted molar refractivity (Wildman–Crippen MR) is 60.2 cm³/mol. The van der Waals surface area contributed by atoms with Crippen LogP contribution in [0.1, 0.15) is 0 Å². The summed E-state index contributed by atoms with van der Waals surface area (Å²) in [7, 11) is -2.45. The van der Waals surface area contributed by atoms with Crippen LogP contribution in [-0.4, -0.2) is 33.6 Å². The van der Waals surface area contributed by atoms with Gasteiger partial charge >= 0.3 is 0 Å². The first-order valence-corrected chi connectivity index (χ1v) is 6.19. The Morgan fingerprint density at radius 1 is 1.41 bits per heavy atom. The Hall–Kier alpha value is -1.51. The molecule has 0 bridgehead atoms. The normalized spacial score (nSPS) is 11.4. The van der Waals surface area contributed by atoms with Gasteiger partial charge in [-0.2, -0.15) is 0 Å². The maximum atomic E-state index is 11.8. The Balaban J connectivity index is 3.02. The average molecular weight is 260 g/mol. The van der Waals surface area contributed by atoms with Crippen molar-refractivity contribution < 1.29 is 18.1 Å². The molecule has 0 aromatic heterocycles. The topological polar surface area (TPSA) is 98.5 Å². The molecule has 0 amide bonds. The van der Waals surface area contributed by atoms with E-state index in [0.717, 1.165) is 6.07 Å². The molecular formula is C9H12N2O5S. The zero-order valence-electron chi connectivity index (χ0n) is 9.12. The van der Waals surface area contributed by atoms with E-state index in [4.69, 9.17) is 0 Å². The molecule has 8 heteroatoms. The van der Waals surface area contributed by atoms with Gasteiger partial charge in [-0.3, -0.25) is 10.1 Å². The number of nitro groups is 1. The van der Waals surface area contributed by atoms with E-state index in [1.807, 2.05) is 0 Å². The van der Waals surface area contributed by atoms with Gasteiger partial charge in [-0.25, -0.2) is 13.1 Å². The van der Waals surface area contributed by atoms with Crippen LogP contribution in [0, 0.1) is 10.1 Å². The first-order valence-electron chi connectivity index (χ1n) is 4.71. The first-order chi connectivity index (χ1) is 7.99. The third-order valence-electron chi connectivity index (χ3n) is 1.95. The maximum Gasteiger partial charge on any atom is 0.289 e. The minimum atomic E-state index is -3.88. The predicted octanol–water partition coefficient (Wildman–Crippen LogP) is 0.519. The van der Waals surface area contributed by atoms with Gasteiger partial charge in [0, 0.05) is 19.7 Å². The van der Waals surface area contributed by atoms with Crippen molar-refractivity contribution in [3.05, 3.63) is 34.4 Å². The molecule has 1 aromatic carbocycles. The molecule has 1 rings (SSSR count). The first kappa shape index (κ1) is 13.6. The molecule has 0 aliphatic rings. The lowest BCUT2D eigenvalue weighted by molar-refractivity contribution is -0.387. The number of nitrogens with zero attached hydrogens (tertiary/aromatic N) is 1. The van der Waals surface area contributed by atoms with E-state index >= 15 is 0 Å². The Bertz CT molecular complexity index is 500. The van der Waals surface area contributed by atoms with Gasteiger partial charge in [0.25, 0.3) is 5.69 Å². The fourth-order valence-corrected chi connectivity index (χ4v) is 2.37. The van der Waals surface area contributed by atoms with Crippen LogP contribution in [-0.2, 0) is 14.8 Å². The molecule has 0 atom stereocenters. The lowest BCUT2D eigenvalue weighted by Crippen LogP contribution is -2.27. The second-order valence-corrected chi connectivity index (χ2v) is 4.85. The highest BCUT2D eigenvalue weighted by Gasteiger charge is 2.24. The van der Waals surface area contributed by atoms with Gasteiger partial charge in [0.1, 0.15) is 0 Å². The number of hydrogen-bond acceptors (Lipinski definition) is 5. The number of methoxy groups -OCH3 is 1. The number of nitrogens with one attached hydrogen (secondary N) is 1. The Labute approximate surface area is 98.6 Å². The minimum Gasteiger partial charge on any atom is -0.383 e. The SMILES string of the molecule is COCCNS(=O)(=O)c1ccccc1[N+](=O)[O-]. The van der Waals surface area contributed by atoms with Crippen LogP contribution in [0.3, 0.4) is 0 Å². The summed E-state index contributed by atoms with van der Waals surface area (Å²) in [6.45, 7) is 0.255. The van der Waals surface area contributed by atoms with Crippen molar-refractivity contribution in [2.75, 3.05) is 20.3 Å². The molecule has 0 radical (unpaired) electrons. The molecule has 0 aliphatic carbocycles. The molecule has 0 spiro atoms. The van der Waals surface area contributed by atoms with Crippen molar-refractivity contribution in [3.8, 4) is 0 Å². The Morgan fingerprint density at radius 2 is 2.06 bits per heavy atom. The van der Waals surface area contributed by atoms with Gasteiger partial charge in [0.15, 0.2) is 4.90 Å². The second-order valence-electron chi connectivity index (χ2n) is 3.12. The number of benzene rings is 1. The van der Waals surface area contributed by atoms with Crippen molar-refractivity contribution in [1.82, 2.24) is 4.72 Å². The minimum absolute atomic E-state index is 0.0604. The van der Waals surface area contributed by atoms with E-state index in [0.29, 0.717) is 0 Å². The highest BCUT2D eigenvalue weighted by atomic mass is 32.2. The summed E-state index contributed by atoms with van der Waals surface area (Å²) < 4.78 is 30.4. The molecule has 0 unspecified atom stereocenters. The summed E-state index contributed by atoms with van der Waals surface area (Å²) >= 11 is 0. The lowest BCUT2D eigenvalue weighted by atomic mass is 10.3. The quantitative estimate of drug-likeness (QED) is 0.456. The summed E-state index contributed by atoms with van der Waals surface area (Å²) in [6.07, 6.45) is 0. The van der Waals surface area contributed by atoms with Gasteiger partial charge in [-0.15, -0.1) is 0 Å². The monoisotopic (exact) mass is 260 g/mol. The van der Waals surface area contributed by atoms with Crippen LogP contribution in [0.5, 0.6) is 0 Å². The zero-order valence-corrected chi connectivity index (χ0v) is 9.94.